The normalized spacial score (nSPS) is 15.5. The summed E-state index contributed by atoms with van der Waals surface area (Å²) in [6, 6.07) is 0. The molecule has 3 rings (SSSR count). The van der Waals surface area contributed by atoms with E-state index in [2.05, 4.69) is 20.2 Å². The number of hydrogen-bond acceptors (Lipinski definition) is 6. The van der Waals surface area contributed by atoms with E-state index in [-0.39, 0.29) is 0 Å². The van der Waals surface area contributed by atoms with Gasteiger partial charge in [0.25, 0.3) is 0 Å². The molecule has 3 heterocycles. The highest BCUT2D eigenvalue weighted by atomic mass is 35.5. The maximum absolute atomic E-state index is 6.27. The van der Waals surface area contributed by atoms with Crippen LogP contribution in [0.4, 0.5) is 5.95 Å². The summed E-state index contributed by atoms with van der Waals surface area (Å²) in [4.78, 5) is 2.20. The first-order valence-electron chi connectivity index (χ1n) is 7.10. The number of hydrogen-bond donors (Lipinski definition) is 0. The topological polar surface area (TPSA) is 61.0 Å². The van der Waals surface area contributed by atoms with Gasteiger partial charge in [-0.25, -0.2) is 0 Å². The number of nitrogens with zero attached hydrogens (tertiary/aromatic N) is 6. The molecule has 22 heavy (non-hydrogen) atoms. The number of aromatic nitrogens is 5. The average molecular weight is 343 g/mol. The van der Waals surface area contributed by atoms with Crippen molar-refractivity contribution >= 4 is 29.3 Å². The van der Waals surface area contributed by atoms with Crippen LogP contribution in [0.5, 0.6) is 0 Å². The molecule has 0 atom stereocenters. The van der Waals surface area contributed by atoms with Crippen LogP contribution in [0.15, 0.2) is 5.16 Å². The molecule has 1 aliphatic rings. The molecule has 0 saturated carbocycles. The van der Waals surface area contributed by atoms with Crippen LogP contribution in [0, 0.1) is 6.92 Å². The van der Waals surface area contributed by atoms with Gasteiger partial charge < -0.3 is 9.64 Å². The summed E-state index contributed by atoms with van der Waals surface area (Å²) in [6.07, 6.45) is 0. The second kappa shape index (κ2) is 6.47. The molecule has 2 aromatic heterocycles. The van der Waals surface area contributed by atoms with Gasteiger partial charge in [0, 0.05) is 38.5 Å². The van der Waals surface area contributed by atoms with Gasteiger partial charge in [0.15, 0.2) is 5.16 Å². The summed E-state index contributed by atoms with van der Waals surface area (Å²) in [5.74, 6) is 1.62. The minimum Gasteiger partial charge on any atom is -0.378 e. The Hall–Kier alpha value is -1.25. The van der Waals surface area contributed by atoms with Gasteiger partial charge in [-0.05, 0) is 6.92 Å². The van der Waals surface area contributed by atoms with Crippen LogP contribution in [0.2, 0.25) is 5.15 Å². The number of halogens is 1. The predicted molar refractivity (Wildman–Crippen MR) is 86.6 cm³/mol. The van der Waals surface area contributed by atoms with Crippen LogP contribution in [-0.2, 0) is 24.6 Å². The third-order valence-electron chi connectivity index (χ3n) is 3.72. The lowest BCUT2D eigenvalue weighted by molar-refractivity contribution is 0.121. The van der Waals surface area contributed by atoms with Crippen molar-refractivity contribution in [1.29, 1.82) is 0 Å². The molecule has 0 amide bonds. The maximum atomic E-state index is 6.27. The average Bonchev–Trinajstić information content (AvgIpc) is 2.99. The summed E-state index contributed by atoms with van der Waals surface area (Å²) in [6.45, 7) is 5.14. The highest BCUT2D eigenvalue weighted by Crippen LogP contribution is 2.28. The third-order valence-corrected chi connectivity index (χ3v) is 5.24. The van der Waals surface area contributed by atoms with Crippen LogP contribution in [0.3, 0.4) is 0 Å². The molecule has 0 bridgehead atoms. The van der Waals surface area contributed by atoms with E-state index in [0.29, 0.717) is 5.15 Å². The molecule has 0 unspecified atom stereocenters. The van der Waals surface area contributed by atoms with Crippen molar-refractivity contribution in [1.82, 2.24) is 24.5 Å². The lowest BCUT2D eigenvalue weighted by Gasteiger charge is -2.27. The third kappa shape index (κ3) is 2.95. The summed E-state index contributed by atoms with van der Waals surface area (Å²) >= 11 is 7.89. The Morgan fingerprint density at radius 3 is 2.59 bits per heavy atom. The number of rotatable bonds is 4. The molecular weight excluding hydrogens is 324 g/mol. The van der Waals surface area contributed by atoms with Gasteiger partial charge in [-0.15, -0.1) is 10.2 Å². The molecule has 1 saturated heterocycles. The molecule has 1 fully saturated rings. The van der Waals surface area contributed by atoms with Gasteiger partial charge in [0.05, 0.1) is 18.9 Å². The van der Waals surface area contributed by atoms with E-state index >= 15 is 0 Å². The van der Waals surface area contributed by atoms with Gasteiger partial charge in [-0.1, -0.05) is 23.4 Å². The zero-order valence-electron chi connectivity index (χ0n) is 12.9. The van der Waals surface area contributed by atoms with Crippen molar-refractivity contribution in [3.8, 4) is 0 Å². The van der Waals surface area contributed by atoms with Gasteiger partial charge in [0.1, 0.15) is 5.15 Å². The number of morpholine rings is 1. The van der Waals surface area contributed by atoms with Crippen LogP contribution in [-0.4, -0.2) is 50.8 Å². The second-order valence-electron chi connectivity index (χ2n) is 5.21. The van der Waals surface area contributed by atoms with E-state index < -0.39 is 0 Å². The van der Waals surface area contributed by atoms with E-state index in [1.165, 1.54) is 0 Å². The Morgan fingerprint density at radius 2 is 1.95 bits per heavy atom. The fourth-order valence-corrected chi connectivity index (χ4v) is 3.76. The summed E-state index contributed by atoms with van der Waals surface area (Å²) in [7, 11) is 3.84. The lowest BCUT2D eigenvalue weighted by atomic mass is 10.3. The van der Waals surface area contributed by atoms with Crippen LogP contribution >= 0.6 is 23.4 Å². The molecule has 1 aliphatic heterocycles. The van der Waals surface area contributed by atoms with E-state index in [1.807, 2.05) is 25.6 Å². The van der Waals surface area contributed by atoms with Crippen LogP contribution < -0.4 is 4.90 Å². The first-order valence-corrected chi connectivity index (χ1v) is 8.47. The quantitative estimate of drug-likeness (QED) is 0.787. The standard InChI is InChI=1S/C13H19ClN6OS/c1-9-10(11(14)19(3)17-9)8-22-13-16-15-12(18(13)2)20-4-6-21-7-5-20/h4-8H2,1-3H3. The SMILES string of the molecule is Cc1nn(C)c(Cl)c1CSc1nnc(N2CCOCC2)n1C. The molecule has 0 aliphatic carbocycles. The highest BCUT2D eigenvalue weighted by molar-refractivity contribution is 7.98. The summed E-state index contributed by atoms with van der Waals surface area (Å²) in [5, 5.41) is 14.5. The minimum absolute atomic E-state index is 0.681. The lowest BCUT2D eigenvalue weighted by Crippen LogP contribution is -2.37. The number of thioether (sulfide) groups is 1. The Bertz CT molecular complexity index is 664. The Kier molecular flexibility index (Phi) is 4.60. The van der Waals surface area contributed by atoms with Crippen molar-refractivity contribution in [2.75, 3.05) is 31.2 Å². The summed E-state index contributed by atoms with van der Waals surface area (Å²) in [5.41, 5.74) is 2.00. The number of ether oxygens (including phenoxy) is 1. The van der Waals surface area contributed by atoms with E-state index in [9.17, 15) is 0 Å². The largest absolute Gasteiger partial charge is 0.378 e. The van der Waals surface area contributed by atoms with Crippen molar-refractivity contribution < 1.29 is 4.74 Å². The van der Waals surface area contributed by atoms with Crippen LogP contribution in [0.1, 0.15) is 11.3 Å². The molecule has 9 heteroatoms. The second-order valence-corrected chi connectivity index (χ2v) is 6.51. The smallest absolute Gasteiger partial charge is 0.227 e. The monoisotopic (exact) mass is 342 g/mol. The molecule has 0 N–H and O–H groups in total. The van der Waals surface area contributed by atoms with Crippen molar-refractivity contribution in [3.05, 3.63) is 16.4 Å². The Labute approximate surface area is 138 Å². The van der Waals surface area contributed by atoms with Crippen molar-refractivity contribution in [2.45, 2.75) is 17.8 Å². The molecule has 0 aromatic carbocycles. The Balaban J connectivity index is 1.72. The molecule has 120 valence electrons. The van der Waals surface area contributed by atoms with Crippen molar-refractivity contribution in [3.63, 3.8) is 0 Å². The first kappa shape index (κ1) is 15.6. The maximum Gasteiger partial charge on any atom is 0.227 e. The fourth-order valence-electron chi connectivity index (χ4n) is 2.45. The molecule has 7 nitrogen and oxygen atoms in total. The first-order chi connectivity index (χ1) is 10.6. The highest BCUT2D eigenvalue weighted by Gasteiger charge is 2.19. The minimum atomic E-state index is 0.681. The number of anilines is 1. The zero-order chi connectivity index (χ0) is 15.7. The van der Waals surface area contributed by atoms with Gasteiger partial charge >= 0.3 is 0 Å². The molecule has 0 spiro atoms. The van der Waals surface area contributed by atoms with Crippen molar-refractivity contribution in [2.24, 2.45) is 14.1 Å². The van der Waals surface area contributed by atoms with E-state index in [4.69, 9.17) is 16.3 Å². The fraction of sp³-hybridized carbons (Fsp3) is 0.615. The van der Waals surface area contributed by atoms with E-state index in [0.717, 1.165) is 54.4 Å². The van der Waals surface area contributed by atoms with Gasteiger partial charge in [-0.2, -0.15) is 5.10 Å². The van der Waals surface area contributed by atoms with Gasteiger partial charge in [-0.3, -0.25) is 9.25 Å². The zero-order valence-corrected chi connectivity index (χ0v) is 14.5. The molecule has 2 aromatic rings. The number of aryl methyl sites for hydroxylation is 2. The van der Waals surface area contributed by atoms with E-state index in [1.54, 1.807) is 16.4 Å². The Morgan fingerprint density at radius 1 is 1.23 bits per heavy atom. The molecule has 0 radical (unpaired) electrons. The summed E-state index contributed by atoms with van der Waals surface area (Å²) < 4.78 is 9.09. The predicted octanol–water partition coefficient (Wildman–Crippen LogP) is 1.64. The molecular formula is C13H19ClN6OS. The van der Waals surface area contributed by atoms with Gasteiger partial charge in [0.2, 0.25) is 5.95 Å². The van der Waals surface area contributed by atoms with Crippen LogP contribution in [0.25, 0.3) is 0 Å².